The van der Waals surface area contributed by atoms with Gasteiger partial charge in [0.05, 0.1) is 5.69 Å². The summed E-state index contributed by atoms with van der Waals surface area (Å²) in [7, 11) is -9.95. The smallest absolute Gasteiger partial charge is 0.298 e. The van der Waals surface area contributed by atoms with Crippen LogP contribution < -0.4 is 11.5 Å². The minimum Gasteiger partial charge on any atom is -0.399 e. The number of hydrogen-bond acceptors (Lipinski definition) is 6. The quantitative estimate of drug-likeness (QED) is 0.454. The van der Waals surface area contributed by atoms with Gasteiger partial charge in [0.25, 0.3) is 20.2 Å². The van der Waals surface area contributed by atoms with E-state index in [-0.39, 0.29) is 17.5 Å². The maximum absolute atomic E-state index is 11.8. The molecule has 2 aromatic rings. The van der Waals surface area contributed by atoms with Crippen LogP contribution in [0.4, 0.5) is 11.4 Å². The molecule has 0 fully saturated rings. The van der Waals surface area contributed by atoms with Crippen molar-refractivity contribution >= 4 is 31.6 Å². The van der Waals surface area contributed by atoms with E-state index in [0.29, 0.717) is 11.3 Å². The Morgan fingerprint density at radius 1 is 0.880 bits per heavy atom. The molecule has 0 unspecified atom stereocenters. The van der Waals surface area contributed by atoms with E-state index in [1.165, 1.54) is 13.0 Å². The predicted molar refractivity (Wildman–Crippen MR) is 93.6 cm³/mol. The van der Waals surface area contributed by atoms with E-state index in [4.69, 9.17) is 11.5 Å². The number of rotatable bonds is 4. The molecule has 10 heteroatoms. The first kappa shape index (κ1) is 19.2. The van der Waals surface area contributed by atoms with Crippen LogP contribution in [0.3, 0.4) is 0 Å². The third-order valence-corrected chi connectivity index (χ3v) is 5.85. The summed E-state index contributed by atoms with van der Waals surface area (Å²) in [5.74, 6) is 0. The van der Waals surface area contributed by atoms with Crippen LogP contribution in [0.15, 0.2) is 34.1 Å². The van der Waals surface area contributed by atoms with E-state index >= 15 is 0 Å². The second kappa shape index (κ2) is 6.30. The lowest BCUT2D eigenvalue weighted by atomic mass is 10.00. The molecule has 0 bridgehead atoms. The van der Waals surface area contributed by atoms with Gasteiger partial charge in [0.15, 0.2) is 0 Å². The zero-order valence-electron chi connectivity index (χ0n) is 13.5. The first-order valence-electron chi connectivity index (χ1n) is 7.04. The maximum atomic E-state index is 11.8. The molecule has 8 nitrogen and oxygen atoms in total. The van der Waals surface area contributed by atoms with Crippen LogP contribution in [0.5, 0.6) is 0 Å². The Hall–Kier alpha value is -2.14. The highest BCUT2D eigenvalue weighted by atomic mass is 32.2. The lowest BCUT2D eigenvalue weighted by Crippen LogP contribution is -2.15. The molecular formula is C15H18N2O6S2. The van der Waals surface area contributed by atoms with Crippen LogP contribution in [0.25, 0.3) is 0 Å². The molecular weight excluding hydrogens is 368 g/mol. The molecule has 2 rings (SSSR count). The van der Waals surface area contributed by atoms with Crippen LogP contribution in [0.2, 0.25) is 0 Å². The van der Waals surface area contributed by atoms with Gasteiger partial charge in [0.2, 0.25) is 0 Å². The van der Waals surface area contributed by atoms with Crippen LogP contribution in [-0.4, -0.2) is 25.9 Å². The van der Waals surface area contributed by atoms with Crippen molar-refractivity contribution in [2.24, 2.45) is 0 Å². The monoisotopic (exact) mass is 386 g/mol. The van der Waals surface area contributed by atoms with Crippen molar-refractivity contribution in [2.45, 2.75) is 30.1 Å². The molecule has 25 heavy (non-hydrogen) atoms. The maximum Gasteiger partial charge on any atom is 0.298 e. The summed E-state index contributed by atoms with van der Waals surface area (Å²) in [6.45, 7) is 3.23. The average Bonchev–Trinajstić information content (AvgIpc) is 2.43. The summed E-state index contributed by atoms with van der Waals surface area (Å²) >= 11 is 0. The van der Waals surface area contributed by atoms with E-state index < -0.39 is 35.7 Å². The molecule has 136 valence electrons. The van der Waals surface area contributed by atoms with Gasteiger partial charge in [-0.2, -0.15) is 16.8 Å². The largest absolute Gasteiger partial charge is 0.399 e. The summed E-state index contributed by atoms with van der Waals surface area (Å²) in [5.41, 5.74) is 13.1. The van der Waals surface area contributed by atoms with Crippen molar-refractivity contribution in [1.29, 1.82) is 0 Å². The van der Waals surface area contributed by atoms with Crippen molar-refractivity contribution in [1.82, 2.24) is 0 Å². The fraction of sp³-hybridized carbons (Fsp3) is 0.200. The molecule has 0 aliphatic carbocycles. The first-order valence-corrected chi connectivity index (χ1v) is 9.92. The van der Waals surface area contributed by atoms with E-state index in [0.717, 1.165) is 5.56 Å². The van der Waals surface area contributed by atoms with Gasteiger partial charge in [0.1, 0.15) is 9.79 Å². The predicted octanol–water partition coefficient (Wildman–Crippen LogP) is 1.55. The Labute approximate surface area is 146 Å². The molecule has 0 aliphatic rings. The average molecular weight is 386 g/mol. The molecule has 0 amide bonds. The third kappa shape index (κ3) is 3.93. The second-order valence-corrected chi connectivity index (χ2v) is 8.46. The van der Waals surface area contributed by atoms with Crippen molar-refractivity contribution in [3.63, 3.8) is 0 Å². The third-order valence-electron chi connectivity index (χ3n) is 3.80. The minimum absolute atomic E-state index is 0.00834. The number of aryl methyl sites for hydroxylation is 2. The van der Waals surface area contributed by atoms with Gasteiger partial charge in [-0.05, 0) is 48.6 Å². The SMILES string of the molecule is Cc1cc(Cc2cc(C)c(N)c(S(=O)(=O)O)c2S(=O)(=O)O)ccc1N. The number of anilines is 2. The minimum atomic E-state index is -4.98. The van der Waals surface area contributed by atoms with Crippen LogP contribution in [-0.2, 0) is 26.7 Å². The Bertz CT molecular complexity index is 1060. The zero-order valence-corrected chi connectivity index (χ0v) is 15.1. The summed E-state index contributed by atoms with van der Waals surface area (Å²) in [6, 6.07) is 6.35. The lowest BCUT2D eigenvalue weighted by Gasteiger charge is -2.16. The van der Waals surface area contributed by atoms with Gasteiger partial charge in [-0.3, -0.25) is 9.11 Å². The molecule has 0 aromatic heterocycles. The van der Waals surface area contributed by atoms with E-state index in [1.54, 1.807) is 25.1 Å². The lowest BCUT2D eigenvalue weighted by molar-refractivity contribution is 0.466. The summed E-state index contributed by atoms with van der Waals surface area (Å²) in [4.78, 5) is -1.94. The molecule has 0 heterocycles. The van der Waals surface area contributed by atoms with Gasteiger partial charge < -0.3 is 11.5 Å². The summed E-state index contributed by atoms with van der Waals surface area (Å²) in [5, 5.41) is 0. The standard InChI is InChI=1S/C15H18N2O6S2/c1-8-5-10(3-4-12(8)16)7-11-6-9(2)13(17)15(25(21,22)23)14(11)24(18,19)20/h3-6H,7,16-17H2,1-2H3,(H,18,19,20)(H,21,22,23). The van der Waals surface area contributed by atoms with Crippen LogP contribution >= 0.6 is 0 Å². The molecule has 0 radical (unpaired) electrons. The van der Waals surface area contributed by atoms with Gasteiger partial charge >= 0.3 is 0 Å². The highest BCUT2D eigenvalue weighted by molar-refractivity contribution is 7.89. The molecule has 0 saturated heterocycles. The van der Waals surface area contributed by atoms with Crippen molar-refractivity contribution in [3.8, 4) is 0 Å². The van der Waals surface area contributed by atoms with Crippen molar-refractivity contribution < 1.29 is 25.9 Å². The van der Waals surface area contributed by atoms with E-state index in [9.17, 15) is 25.9 Å². The summed E-state index contributed by atoms with van der Waals surface area (Å²) in [6.07, 6.45) is -0.0140. The highest BCUT2D eigenvalue weighted by Gasteiger charge is 2.31. The van der Waals surface area contributed by atoms with Gasteiger partial charge in [0, 0.05) is 5.69 Å². The van der Waals surface area contributed by atoms with Crippen molar-refractivity contribution in [3.05, 3.63) is 46.5 Å². The zero-order chi connectivity index (χ0) is 19.2. The van der Waals surface area contributed by atoms with Crippen molar-refractivity contribution in [2.75, 3.05) is 11.5 Å². The molecule has 0 aliphatic heterocycles. The molecule has 0 saturated carbocycles. The Morgan fingerprint density at radius 3 is 1.92 bits per heavy atom. The number of hydrogen-bond donors (Lipinski definition) is 4. The number of nitrogens with two attached hydrogens (primary N) is 2. The Morgan fingerprint density at radius 2 is 1.44 bits per heavy atom. The molecule has 6 N–H and O–H groups in total. The van der Waals surface area contributed by atoms with E-state index in [1.807, 2.05) is 0 Å². The number of benzene rings is 2. The fourth-order valence-electron chi connectivity index (χ4n) is 2.59. The molecule has 0 spiro atoms. The summed E-state index contributed by atoms with van der Waals surface area (Å²) < 4.78 is 65.9. The van der Waals surface area contributed by atoms with Crippen LogP contribution in [0.1, 0.15) is 22.3 Å². The number of nitrogen functional groups attached to an aromatic ring is 2. The molecule has 0 atom stereocenters. The van der Waals surface area contributed by atoms with Gasteiger partial charge in [-0.15, -0.1) is 0 Å². The second-order valence-electron chi connectivity index (χ2n) is 5.74. The molecule has 2 aromatic carbocycles. The van der Waals surface area contributed by atoms with Crippen LogP contribution in [0, 0.1) is 13.8 Å². The van der Waals surface area contributed by atoms with Gasteiger partial charge in [-0.1, -0.05) is 18.2 Å². The Balaban J connectivity index is 2.81. The van der Waals surface area contributed by atoms with Gasteiger partial charge in [-0.25, -0.2) is 0 Å². The first-order chi connectivity index (χ1) is 11.3. The topological polar surface area (TPSA) is 161 Å². The Kier molecular flexibility index (Phi) is 4.83. The van der Waals surface area contributed by atoms with E-state index in [2.05, 4.69) is 0 Å². The highest BCUT2D eigenvalue weighted by Crippen LogP contribution is 2.34. The fourth-order valence-corrected chi connectivity index (χ4v) is 4.83. The normalized spacial score (nSPS) is 12.3.